The average Bonchev–Trinajstić information content (AvgIpc) is 3.38. The summed E-state index contributed by atoms with van der Waals surface area (Å²) in [5, 5.41) is 10.8. The van der Waals surface area contributed by atoms with Gasteiger partial charge in [-0.05, 0) is 30.3 Å². The number of rotatable bonds is 6. The van der Waals surface area contributed by atoms with Gasteiger partial charge in [-0.3, -0.25) is 0 Å². The maximum atomic E-state index is 6.28. The predicted octanol–water partition coefficient (Wildman–Crippen LogP) is 7.25. The number of hydrogen-bond donors (Lipinski definition) is 1. The second-order valence-electron chi connectivity index (χ2n) is 8.37. The zero-order valence-electron chi connectivity index (χ0n) is 19.7. The van der Waals surface area contributed by atoms with Gasteiger partial charge in [-0.1, -0.05) is 90.5 Å². The summed E-state index contributed by atoms with van der Waals surface area (Å²) in [6, 6.07) is 35.6. The van der Waals surface area contributed by atoms with Crippen LogP contribution < -0.4 is 5.43 Å². The highest BCUT2D eigenvalue weighted by Gasteiger charge is 2.12. The second kappa shape index (κ2) is 10.0. The lowest BCUT2D eigenvalue weighted by Gasteiger charge is -2.09. The summed E-state index contributed by atoms with van der Waals surface area (Å²) in [6.45, 7) is 0. The van der Waals surface area contributed by atoms with E-state index in [9.17, 15) is 0 Å². The molecular formula is C30H21ClN6. The smallest absolute Gasteiger partial charge is 0.244 e. The van der Waals surface area contributed by atoms with Crippen LogP contribution >= 0.6 is 11.6 Å². The van der Waals surface area contributed by atoms with Gasteiger partial charge in [0.25, 0.3) is 0 Å². The first-order valence-corrected chi connectivity index (χ1v) is 12.1. The highest BCUT2D eigenvalue weighted by atomic mass is 35.5. The van der Waals surface area contributed by atoms with Gasteiger partial charge in [-0.25, -0.2) is 20.1 Å². The van der Waals surface area contributed by atoms with Gasteiger partial charge in [-0.15, -0.1) is 0 Å². The molecule has 1 N–H and O–H groups in total. The molecule has 0 aliphatic rings. The Labute approximate surface area is 218 Å². The van der Waals surface area contributed by atoms with Crippen molar-refractivity contribution < 1.29 is 0 Å². The molecule has 0 bridgehead atoms. The van der Waals surface area contributed by atoms with Gasteiger partial charge in [0.05, 0.1) is 23.1 Å². The fourth-order valence-electron chi connectivity index (χ4n) is 4.14. The van der Waals surface area contributed by atoms with E-state index in [-0.39, 0.29) is 0 Å². The quantitative estimate of drug-likeness (QED) is 0.193. The number of anilines is 1. The van der Waals surface area contributed by atoms with Crippen molar-refractivity contribution in [3.8, 4) is 28.2 Å². The Kier molecular flexibility index (Phi) is 6.15. The van der Waals surface area contributed by atoms with Gasteiger partial charge in [0, 0.05) is 33.3 Å². The molecular weight excluding hydrogens is 480 g/mol. The van der Waals surface area contributed by atoms with Crippen molar-refractivity contribution in [1.29, 1.82) is 0 Å². The molecule has 0 unspecified atom stereocenters. The highest BCUT2D eigenvalue weighted by molar-refractivity contribution is 6.31. The van der Waals surface area contributed by atoms with Crippen molar-refractivity contribution >= 4 is 34.7 Å². The molecule has 6 rings (SSSR count). The zero-order valence-corrected chi connectivity index (χ0v) is 20.4. The molecule has 0 atom stereocenters. The molecule has 7 heteroatoms. The summed E-state index contributed by atoms with van der Waals surface area (Å²) in [5.41, 5.74) is 9.21. The number of halogens is 1. The fourth-order valence-corrected chi connectivity index (χ4v) is 4.31. The van der Waals surface area contributed by atoms with Gasteiger partial charge in [0.15, 0.2) is 0 Å². The number of hydrogen-bond acceptors (Lipinski definition) is 5. The van der Waals surface area contributed by atoms with E-state index in [1.165, 1.54) is 0 Å². The monoisotopic (exact) mass is 500 g/mol. The molecule has 178 valence electrons. The van der Waals surface area contributed by atoms with Crippen LogP contribution in [0, 0.1) is 0 Å². The van der Waals surface area contributed by atoms with Crippen LogP contribution in [0.3, 0.4) is 0 Å². The van der Waals surface area contributed by atoms with Crippen molar-refractivity contribution in [2.24, 2.45) is 5.10 Å². The molecule has 2 heterocycles. The lowest BCUT2D eigenvalue weighted by atomic mass is 10.1. The van der Waals surface area contributed by atoms with Crippen LogP contribution in [0.4, 0.5) is 5.95 Å². The molecule has 0 saturated carbocycles. The van der Waals surface area contributed by atoms with E-state index in [0.29, 0.717) is 11.0 Å². The minimum atomic E-state index is 0.390. The Morgan fingerprint density at radius 2 is 1.38 bits per heavy atom. The summed E-state index contributed by atoms with van der Waals surface area (Å²) in [4.78, 5) is 9.41. The Bertz CT molecular complexity index is 1700. The van der Waals surface area contributed by atoms with Crippen molar-refractivity contribution in [1.82, 2.24) is 19.7 Å². The maximum absolute atomic E-state index is 6.28. The molecule has 0 aliphatic carbocycles. The first-order valence-electron chi connectivity index (χ1n) is 11.8. The van der Waals surface area contributed by atoms with Crippen LogP contribution in [0.2, 0.25) is 5.02 Å². The van der Waals surface area contributed by atoms with Crippen LogP contribution in [0.15, 0.2) is 120 Å². The van der Waals surface area contributed by atoms with Gasteiger partial charge in [0.2, 0.25) is 5.95 Å². The number of para-hydroxylation sites is 1. The van der Waals surface area contributed by atoms with Crippen molar-refractivity contribution in [3.63, 3.8) is 0 Å². The van der Waals surface area contributed by atoms with Crippen molar-refractivity contribution in [2.75, 3.05) is 5.43 Å². The molecule has 6 aromatic rings. The maximum Gasteiger partial charge on any atom is 0.244 e. The third-order valence-electron chi connectivity index (χ3n) is 5.88. The first kappa shape index (κ1) is 22.6. The second-order valence-corrected chi connectivity index (χ2v) is 8.81. The van der Waals surface area contributed by atoms with E-state index in [0.717, 1.165) is 44.7 Å². The number of nitrogens with zero attached hydrogens (tertiary/aromatic N) is 5. The van der Waals surface area contributed by atoms with Crippen molar-refractivity contribution in [2.45, 2.75) is 0 Å². The lowest BCUT2D eigenvalue weighted by Crippen LogP contribution is -2.00. The molecule has 0 amide bonds. The number of hydrazone groups is 1. The van der Waals surface area contributed by atoms with E-state index in [1.54, 1.807) is 6.21 Å². The minimum absolute atomic E-state index is 0.390. The Hall–Kier alpha value is -4.81. The SMILES string of the molecule is Clc1ccc2nc(NN=Cc3cn(-c4ccccc4)nc3-c3ccccc3)nc(-c3ccccc3)c2c1. The third kappa shape index (κ3) is 4.83. The Morgan fingerprint density at radius 1 is 0.730 bits per heavy atom. The number of nitrogens with one attached hydrogen (secondary N) is 1. The lowest BCUT2D eigenvalue weighted by molar-refractivity contribution is 0.884. The molecule has 37 heavy (non-hydrogen) atoms. The zero-order chi connectivity index (χ0) is 25.0. The Balaban J connectivity index is 1.37. The topological polar surface area (TPSA) is 68.0 Å². The predicted molar refractivity (Wildman–Crippen MR) is 150 cm³/mol. The van der Waals surface area contributed by atoms with E-state index in [2.05, 4.69) is 15.5 Å². The number of benzene rings is 4. The molecule has 0 radical (unpaired) electrons. The fraction of sp³-hybridized carbons (Fsp3) is 0. The summed E-state index contributed by atoms with van der Waals surface area (Å²) in [7, 11) is 0. The molecule has 0 saturated heterocycles. The van der Waals surface area contributed by atoms with Crippen LogP contribution in [0.25, 0.3) is 39.1 Å². The molecule has 0 aliphatic heterocycles. The summed E-state index contributed by atoms with van der Waals surface area (Å²) in [6.07, 6.45) is 3.70. The van der Waals surface area contributed by atoms with E-state index in [1.807, 2.05) is 120 Å². The largest absolute Gasteiger partial charge is 0.245 e. The molecule has 6 nitrogen and oxygen atoms in total. The highest BCUT2D eigenvalue weighted by Crippen LogP contribution is 2.29. The number of aromatic nitrogens is 4. The van der Waals surface area contributed by atoms with Gasteiger partial charge in [-0.2, -0.15) is 10.2 Å². The van der Waals surface area contributed by atoms with Crippen LogP contribution in [0.1, 0.15) is 5.56 Å². The van der Waals surface area contributed by atoms with E-state index >= 15 is 0 Å². The third-order valence-corrected chi connectivity index (χ3v) is 6.12. The molecule has 0 fully saturated rings. The van der Waals surface area contributed by atoms with Crippen LogP contribution in [-0.4, -0.2) is 26.0 Å². The standard InChI is InChI=1S/C30H21ClN6/c31-24-16-17-27-26(18-24)29(22-12-6-2-7-13-22)34-30(33-27)35-32-19-23-20-37(25-14-8-3-9-15-25)36-28(23)21-10-4-1-5-11-21/h1-20H,(H,33,34,35). The Morgan fingerprint density at radius 3 is 2.08 bits per heavy atom. The minimum Gasteiger partial charge on any atom is -0.245 e. The molecule has 2 aromatic heterocycles. The summed E-state index contributed by atoms with van der Waals surface area (Å²) in [5.74, 6) is 0.390. The molecule has 0 spiro atoms. The van der Waals surface area contributed by atoms with Gasteiger partial charge < -0.3 is 0 Å². The first-order chi connectivity index (χ1) is 18.2. The van der Waals surface area contributed by atoms with E-state index in [4.69, 9.17) is 21.7 Å². The normalized spacial score (nSPS) is 11.3. The average molecular weight is 501 g/mol. The van der Waals surface area contributed by atoms with Crippen LogP contribution in [0.5, 0.6) is 0 Å². The van der Waals surface area contributed by atoms with Crippen molar-refractivity contribution in [3.05, 3.63) is 126 Å². The number of fused-ring (bicyclic) bond motifs is 1. The summed E-state index contributed by atoms with van der Waals surface area (Å²) >= 11 is 6.28. The van der Waals surface area contributed by atoms with Gasteiger partial charge >= 0.3 is 0 Å². The molecule has 4 aromatic carbocycles. The van der Waals surface area contributed by atoms with E-state index < -0.39 is 0 Å². The summed E-state index contributed by atoms with van der Waals surface area (Å²) < 4.78 is 1.85. The van der Waals surface area contributed by atoms with Crippen LogP contribution in [-0.2, 0) is 0 Å². The van der Waals surface area contributed by atoms with Gasteiger partial charge in [0.1, 0.15) is 5.69 Å².